The van der Waals surface area contributed by atoms with Crippen molar-refractivity contribution < 1.29 is 21.6 Å². The Balaban J connectivity index is 1.53. The van der Waals surface area contributed by atoms with Gasteiger partial charge in [0, 0.05) is 30.1 Å². The first-order valence-corrected chi connectivity index (χ1v) is 18.9. The molecule has 2 aliphatic rings. The van der Waals surface area contributed by atoms with Gasteiger partial charge >= 0.3 is 0 Å². The van der Waals surface area contributed by atoms with E-state index in [1.54, 1.807) is 71.0 Å². The van der Waals surface area contributed by atoms with Gasteiger partial charge in [-0.15, -0.1) is 0 Å². The maximum atomic E-state index is 14.8. The molecule has 0 radical (unpaired) electrons. The van der Waals surface area contributed by atoms with E-state index in [2.05, 4.69) is 0 Å². The summed E-state index contributed by atoms with van der Waals surface area (Å²) >= 11 is 6.47. The molecule has 0 N–H and O–H groups in total. The molecule has 0 spiro atoms. The highest BCUT2D eigenvalue weighted by Gasteiger charge is 2.55. The Morgan fingerprint density at radius 1 is 0.717 bits per heavy atom. The van der Waals surface area contributed by atoms with Crippen LogP contribution in [0.25, 0.3) is 0 Å². The highest BCUT2D eigenvalue weighted by atomic mass is 35.5. The summed E-state index contributed by atoms with van der Waals surface area (Å²) in [5.74, 6) is -0.421. The van der Waals surface area contributed by atoms with E-state index in [4.69, 9.17) is 16.3 Å². The second-order valence-electron chi connectivity index (χ2n) is 12.2. The summed E-state index contributed by atoms with van der Waals surface area (Å²) in [5, 5.41) is 0.481. The molecule has 0 saturated carbocycles. The van der Waals surface area contributed by atoms with Gasteiger partial charge < -0.3 is 4.74 Å². The zero-order chi connectivity index (χ0) is 32.6. The molecule has 10 heteroatoms. The van der Waals surface area contributed by atoms with Crippen molar-refractivity contribution in [3.05, 3.63) is 130 Å². The van der Waals surface area contributed by atoms with Gasteiger partial charge in [-0.2, -0.15) is 8.61 Å². The van der Waals surface area contributed by atoms with Gasteiger partial charge in [0.05, 0.1) is 28.0 Å². The molecule has 2 aliphatic heterocycles. The lowest BCUT2D eigenvalue weighted by Crippen LogP contribution is -2.62. The van der Waals surface area contributed by atoms with E-state index in [-0.39, 0.29) is 28.9 Å². The van der Waals surface area contributed by atoms with Crippen LogP contribution in [0.5, 0.6) is 0 Å². The maximum absolute atomic E-state index is 14.8. The number of benzene rings is 4. The lowest BCUT2D eigenvalue weighted by atomic mass is 9.76. The molecule has 242 valence electrons. The lowest BCUT2D eigenvalue weighted by molar-refractivity contribution is -0.0823. The third-order valence-electron chi connectivity index (χ3n) is 9.29. The molecule has 0 amide bonds. The number of aryl methyl sites for hydroxylation is 2. The van der Waals surface area contributed by atoms with E-state index >= 15 is 0 Å². The molecule has 6 rings (SSSR count). The SMILES string of the molecule is CCOC1CC(c2ccccc2)N(S(=O)(=O)c2ccc(C)cc2)[C@H]2CC(c3cccc(Cl)c3)N(S(=O)(=O)c3ccc(C)cc3)C[C@@H]12. The van der Waals surface area contributed by atoms with Gasteiger partial charge in [-0.25, -0.2) is 16.8 Å². The zero-order valence-corrected chi connectivity index (χ0v) is 28.5. The van der Waals surface area contributed by atoms with E-state index in [0.29, 0.717) is 23.6 Å². The third kappa shape index (κ3) is 6.29. The van der Waals surface area contributed by atoms with Gasteiger partial charge in [-0.05, 0) is 81.1 Å². The second-order valence-corrected chi connectivity index (χ2v) is 16.4. The van der Waals surface area contributed by atoms with Crippen LogP contribution < -0.4 is 0 Å². The molecule has 0 aliphatic carbocycles. The summed E-state index contributed by atoms with van der Waals surface area (Å²) in [6.45, 7) is 6.26. The Labute approximate surface area is 277 Å². The van der Waals surface area contributed by atoms with Gasteiger partial charge in [0.15, 0.2) is 0 Å². The van der Waals surface area contributed by atoms with Crippen LogP contribution in [0.2, 0.25) is 5.02 Å². The van der Waals surface area contributed by atoms with E-state index in [9.17, 15) is 16.8 Å². The third-order valence-corrected chi connectivity index (χ3v) is 13.4. The van der Waals surface area contributed by atoms with Crippen molar-refractivity contribution in [2.24, 2.45) is 5.92 Å². The molecule has 0 aromatic heterocycles. The molecule has 4 aromatic rings. The predicted octanol–water partition coefficient (Wildman–Crippen LogP) is 7.32. The van der Waals surface area contributed by atoms with Crippen molar-refractivity contribution in [3.63, 3.8) is 0 Å². The highest BCUT2D eigenvalue weighted by Crippen LogP contribution is 2.50. The largest absolute Gasteiger partial charge is 0.378 e. The zero-order valence-electron chi connectivity index (χ0n) is 26.2. The monoisotopic (exact) mass is 678 g/mol. The molecule has 5 atom stereocenters. The van der Waals surface area contributed by atoms with Crippen LogP contribution in [0.1, 0.15) is 54.1 Å². The minimum Gasteiger partial charge on any atom is -0.378 e. The second kappa shape index (κ2) is 13.2. The van der Waals surface area contributed by atoms with Crippen molar-refractivity contribution in [2.45, 2.75) is 67.6 Å². The fraction of sp³-hybridized carbons (Fsp3) is 0.333. The Morgan fingerprint density at radius 3 is 1.89 bits per heavy atom. The first-order valence-electron chi connectivity index (χ1n) is 15.6. The molecule has 0 bridgehead atoms. The predicted molar refractivity (Wildman–Crippen MR) is 181 cm³/mol. The molecular formula is C36H39ClN2O5S2. The van der Waals surface area contributed by atoms with Crippen molar-refractivity contribution in [1.29, 1.82) is 0 Å². The minimum absolute atomic E-state index is 0.0875. The molecular weight excluding hydrogens is 640 g/mol. The summed E-state index contributed by atoms with van der Waals surface area (Å²) in [4.78, 5) is 0.403. The maximum Gasteiger partial charge on any atom is 0.243 e. The number of nitrogens with zero attached hydrogens (tertiary/aromatic N) is 2. The number of hydrogen-bond acceptors (Lipinski definition) is 5. The van der Waals surface area contributed by atoms with Gasteiger partial charge in [-0.1, -0.05) is 89.5 Å². The van der Waals surface area contributed by atoms with Crippen molar-refractivity contribution >= 4 is 31.6 Å². The first-order chi connectivity index (χ1) is 22.0. The lowest BCUT2D eigenvalue weighted by Gasteiger charge is -2.54. The fourth-order valence-corrected chi connectivity index (χ4v) is 10.8. The summed E-state index contributed by atoms with van der Waals surface area (Å²) < 4.78 is 68.0. The van der Waals surface area contributed by atoms with E-state index < -0.39 is 44.1 Å². The van der Waals surface area contributed by atoms with Crippen LogP contribution in [0, 0.1) is 19.8 Å². The summed E-state index contributed by atoms with van der Waals surface area (Å²) in [6, 6.07) is 28.9. The van der Waals surface area contributed by atoms with Crippen LogP contribution in [-0.4, -0.2) is 50.7 Å². The van der Waals surface area contributed by atoms with Crippen LogP contribution in [0.3, 0.4) is 0 Å². The normalized spacial score (nSPS) is 24.4. The quantitative estimate of drug-likeness (QED) is 0.195. The van der Waals surface area contributed by atoms with Crippen LogP contribution in [-0.2, 0) is 24.8 Å². The standard InChI is InChI=1S/C36H39ClN2O5S2/c1-4-44-36-23-34(27-9-6-5-7-10-27)39(46(42,43)31-19-15-26(3)16-20-31)35-22-33(28-11-8-12-29(37)21-28)38(24-32(35)36)45(40,41)30-17-13-25(2)14-18-30/h5-21,32-36H,4,22-24H2,1-3H3/t32-,33?,34?,35+,36?/m1/s1. The Bertz CT molecular complexity index is 1890. The Morgan fingerprint density at radius 2 is 1.30 bits per heavy atom. The van der Waals surface area contributed by atoms with Gasteiger partial charge in [0.2, 0.25) is 20.0 Å². The van der Waals surface area contributed by atoms with Gasteiger partial charge in [0.25, 0.3) is 0 Å². The summed E-state index contributed by atoms with van der Waals surface area (Å²) in [6.07, 6.45) is 0.249. The van der Waals surface area contributed by atoms with Crippen molar-refractivity contribution in [2.75, 3.05) is 13.2 Å². The average Bonchev–Trinajstić information content (AvgIpc) is 3.05. The van der Waals surface area contributed by atoms with Crippen LogP contribution in [0.4, 0.5) is 0 Å². The molecule has 46 heavy (non-hydrogen) atoms. The van der Waals surface area contributed by atoms with E-state index in [1.807, 2.05) is 57.2 Å². The van der Waals surface area contributed by atoms with Crippen molar-refractivity contribution in [3.8, 4) is 0 Å². The fourth-order valence-electron chi connectivity index (χ4n) is 7.03. The molecule has 4 aromatic carbocycles. The van der Waals surface area contributed by atoms with Crippen molar-refractivity contribution in [1.82, 2.24) is 8.61 Å². The molecule has 7 nitrogen and oxygen atoms in total. The van der Waals surface area contributed by atoms with Gasteiger partial charge in [-0.3, -0.25) is 0 Å². The molecule has 2 saturated heterocycles. The topological polar surface area (TPSA) is 84.0 Å². The smallest absolute Gasteiger partial charge is 0.243 e. The van der Waals surface area contributed by atoms with Crippen LogP contribution >= 0.6 is 11.6 Å². The van der Waals surface area contributed by atoms with E-state index in [1.165, 1.54) is 4.31 Å². The number of hydrogen-bond donors (Lipinski definition) is 0. The molecule has 2 heterocycles. The minimum atomic E-state index is -4.02. The number of ether oxygens (including phenoxy) is 1. The first kappa shape index (κ1) is 32.9. The van der Waals surface area contributed by atoms with Gasteiger partial charge in [0.1, 0.15) is 0 Å². The average molecular weight is 679 g/mol. The number of piperidine rings is 2. The number of fused-ring (bicyclic) bond motifs is 1. The molecule has 3 unspecified atom stereocenters. The molecule has 2 fully saturated rings. The van der Waals surface area contributed by atoms with Crippen LogP contribution in [0.15, 0.2) is 113 Å². The van der Waals surface area contributed by atoms with E-state index in [0.717, 1.165) is 16.7 Å². The summed E-state index contributed by atoms with van der Waals surface area (Å²) in [5.41, 5.74) is 3.50. The number of rotatable bonds is 8. The number of halogens is 1. The summed E-state index contributed by atoms with van der Waals surface area (Å²) in [7, 11) is -8.01. The Hall–Kier alpha value is -3.05. The highest BCUT2D eigenvalue weighted by molar-refractivity contribution is 7.89. The Kier molecular flexibility index (Phi) is 9.45. The number of sulfonamides is 2.